The Kier molecular flexibility index (Phi) is 6.34. The highest BCUT2D eigenvalue weighted by molar-refractivity contribution is 5.78. The van der Waals surface area contributed by atoms with Crippen LogP contribution in [0.5, 0.6) is 0 Å². The van der Waals surface area contributed by atoms with Gasteiger partial charge in [-0.2, -0.15) is 0 Å². The number of carbonyl (C=O) groups is 1. The van der Waals surface area contributed by atoms with Crippen molar-refractivity contribution < 1.29 is 4.79 Å². The molecule has 1 amide bonds. The number of para-hydroxylation sites is 2. The highest BCUT2D eigenvalue weighted by atomic mass is 16.1. The number of nitrogens with one attached hydrogen (secondary N) is 1. The molecule has 2 aromatic heterocycles. The minimum atomic E-state index is -0.287. The molecule has 0 aliphatic heterocycles. The van der Waals surface area contributed by atoms with Gasteiger partial charge in [0.25, 0.3) is 5.56 Å². The van der Waals surface area contributed by atoms with Gasteiger partial charge in [-0.1, -0.05) is 59.8 Å². The van der Waals surface area contributed by atoms with Gasteiger partial charge in [0.05, 0.1) is 22.5 Å². The van der Waals surface area contributed by atoms with Crippen LogP contribution in [-0.4, -0.2) is 30.5 Å². The zero-order valence-corrected chi connectivity index (χ0v) is 19.5. The van der Waals surface area contributed by atoms with Gasteiger partial charge in [-0.25, -0.2) is 9.67 Å². The van der Waals surface area contributed by atoms with Crippen LogP contribution in [-0.2, 0) is 24.8 Å². The first-order chi connectivity index (χ1) is 17.1. The number of aromatic nitrogens is 5. The van der Waals surface area contributed by atoms with Crippen LogP contribution in [0.2, 0.25) is 0 Å². The van der Waals surface area contributed by atoms with Crippen LogP contribution in [0.4, 0.5) is 0 Å². The van der Waals surface area contributed by atoms with Gasteiger partial charge in [-0.05, 0) is 42.7 Å². The van der Waals surface area contributed by atoms with Crippen molar-refractivity contribution in [3.05, 3.63) is 101 Å². The molecule has 1 atom stereocenters. The largest absolute Gasteiger partial charge is 0.346 e. The fourth-order valence-corrected chi connectivity index (χ4v) is 4.36. The van der Waals surface area contributed by atoms with Gasteiger partial charge >= 0.3 is 0 Å². The quantitative estimate of drug-likeness (QED) is 0.377. The highest BCUT2D eigenvalue weighted by Crippen LogP contribution is 2.23. The summed E-state index contributed by atoms with van der Waals surface area (Å²) in [5, 5.41) is 11.8. The fourth-order valence-electron chi connectivity index (χ4n) is 4.36. The van der Waals surface area contributed by atoms with E-state index < -0.39 is 0 Å². The van der Waals surface area contributed by atoms with Crippen molar-refractivity contribution in [2.24, 2.45) is 7.05 Å². The maximum Gasteiger partial charge on any atom is 0.277 e. The molecule has 2 heterocycles. The van der Waals surface area contributed by atoms with E-state index in [1.807, 2.05) is 72.3 Å². The van der Waals surface area contributed by atoms with Crippen molar-refractivity contribution in [2.45, 2.75) is 31.8 Å². The molecule has 0 aliphatic rings. The number of fused-ring (bicyclic) bond motifs is 2. The second-order valence-corrected chi connectivity index (χ2v) is 8.57. The number of aryl methyl sites for hydroxylation is 2. The summed E-state index contributed by atoms with van der Waals surface area (Å²) in [4.78, 5) is 30.4. The summed E-state index contributed by atoms with van der Waals surface area (Å²) in [6.45, 7) is 0.319. The van der Waals surface area contributed by atoms with Gasteiger partial charge in [0.1, 0.15) is 11.3 Å². The zero-order valence-electron chi connectivity index (χ0n) is 19.5. The van der Waals surface area contributed by atoms with E-state index in [1.54, 1.807) is 18.2 Å². The van der Waals surface area contributed by atoms with E-state index in [9.17, 15) is 9.59 Å². The second kappa shape index (κ2) is 9.89. The lowest BCUT2D eigenvalue weighted by atomic mass is 10.0. The predicted molar refractivity (Wildman–Crippen MR) is 135 cm³/mol. The SMILES string of the molecule is Cn1c([C@H](Cc2ccccc2)NC(=O)CCCn2nnc3ccccc3c2=O)nc2ccccc21. The Hall–Kier alpha value is -4.33. The first kappa shape index (κ1) is 22.5. The zero-order chi connectivity index (χ0) is 24.2. The summed E-state index contributed by atoms with van der Waals surface area (Å²) in [5.41, 5.74) is 3.40. The molecule has 0 aliphatic carbocycles. The van der Waals surface area contributed by atoms with Gasteiger partial charge in [0.2, 0.25) is 5.91 Å². The van der Waals surface area contributed by atoms with Crippen molar-refractivity contribution in [1.29, 1.82) is 0 Å². The standard InChI is InChI=1S/C27H26N6O2/c1-32-24-15-8-7-14-22(24)29-26(32)23(18-19-10-3-2-4-11-19)28-25(34)16-9-17-33-27(35)20-12-5-6-13-21(20)30-31-33/h2-8,10-15,23H,9,16-18H2,1H3,(H,28,34)/t23-/m0/s1. The molecule has 0 saturated carbocycles. The summed E-state index contributed by atoms with van der Waals surface area (Å²) < 4.78 is 3.36. The molecule has 176 valence electrons. The topological polar surface area (TPSA) is 94.7 Å². The van der Waals surface area contributed by atoms with Crippen LogP contribution in [0.15, 0.2) is 83.7 Å². The van der Waals surface area contributed by atoms with Crippen molar-refractivity contribution in [1.82, 2.24) is 29.9 Å². The lowest BCUT2D eigenvalue weighted by Gasteiger charge is -2.19. The van der Waals surface area contributed by atoms with Gasteiger partial charge in [-0.3, -0.25) is 9.59 Å². The van der Waals surface area contributed by atoms with Crippen LogP contribution in [0.1, 0.15) is 30.3 Å². The Morgan fingerprint density at radius 3 is 2.46 bits per heavy atom. The normalized spacial score (nSPS) is 12.1. The molecule has 5 rings (SSSR count). The molecule has 0 saturated heterocycles. The molecule has 8 nitrogen and oxygen atoms in total. The minimum Gasteiger partial charge on any atom is -0.346 e. The monoisotopic (exact) mass is 466 g/mol. The van der Waals surface area contributed by atoms with Gasteiger partial charge in [0.15, 0.2) is 0 Å². The summed E-state index contributed by atoms with van der Waals surface area (Å²) in [5.74, 6) is 0.708. The summed E-state index contributed by atoms with van der Waals surface area (Å²) >= 11 is 0. The van der Waals surface area contributed by atoms with Crippen molar-refractivity contribution >= 4 is 27.8 Å². The number of amides is 1. The first-order valence-electron chi connectivity index (χ1n) is 11.7. The molecule has 5 aromatic rings. The van der Waals surface area contributed by atoms with Crippen LogP contribution >= 0.6 is 0 Å². The third kappa shape index (κ3) is 4.82. The molecule has 1 N–H and O–H groups in total. The average Bonchev–Trinajstić information content (AvgIpc) is 3.22. The van der Waals surface area contributed by atoms with Gasteiger partial charge < -0.3 is 9.88 Å². The summed E-state index contributed by atoms with van der Waals surface area (Å²) in [7, 11) is 1.97. The van der Waals surface area contributed by atoms with E-state index in [1.165, 1.54) is 4.68 Å². The maximum atomic E-state index is 13.0. The summed E-state index contributed by atoms with van der Waals surface area (Å²) in [6, 6.07) is 24.8. The first-order valence-corrected chi connectivity index (χ1v) is 11.7. The molecule has 0 bridgehead atoms. The third-order valence-electron chi connectivity index (χ3n) is 6.15. The number of hydrogen-bond donors (Lipinski definition) is 1. The molecular formula is C27H26N6O2. The van der Waals surface area contributed by atoms with E-state index in [2.05, 4.69) is 15.6 Å². The van der Waals surface area contributed by atoms with E-state index in [-0.39, 0.29) is 23.9 Å². The molecular weight excluding hydrogens is 440 g/mol. The number of benzene rings is 3. The van der Waals surface area contributed by atoms with E-state index in [0.717, 1.165) is 22.4 Å². The predicted octanol–water partition coefficient (Wildman–Crippen LogP) is 3.56. The lowest BCUT2D eigenvalue weighted by Crippen LogP contribution is -2.32. The number of hydrogen-bond acceptors (Lipinski definition) is 5. The molecule has 0 fully saturated rings. The van der Waals surface area contributed by atoms with Crippen molar-refractivity contribution in [2.75, 3.05) is 0 Å². The molecule has 8 heteroatoms. The maximum absolute atomic E-state index is 13.0. The number of imidazole rings is 1. The van der Waals surface area contributed by atoms with E-state index in [4.69, 9.17) is 4.98 Å². The molecule has 35 heavy (non-hydrogen) atoms. The van der Waals surface area contributed by atoms with E-state index in [0.29, 0.717) is 30.3 Å². The Labute approximate surface area is 202 Å². The van der Waals surface area contributed by atoms with Crippen LogP contribution in [0.25, 0.3) is 21.9 Å². The Morgan fingerprint density at radius 2 is 1.66 bits per heavy atom. The van der Waals surface area contributed by atoms with Crippen LogP contribution in [0.3, 0.4) is 0 Å². The molecule has 0 unspecified atom stereocenters. The van der Waals surface area contributed by atoms with E-state index >= 15 is 0 Å². The Bertz CT molecular complexity index is 1540. The number of nitrogens with zero attached hydrogens (tertiary/aromatic N) is 5. The summed E-state index contributed by atoms with van der Waals surface area (Å²) in [6.07, 6.45) is 1.36. The fraction of sp³-hybridized carbons (Fsp3) is 0.222. The lowest BCUT2D eigenvalue weighted by molar-refractivity contribution is -0.122. The van der Waals surface area contributed by atoms with Gasteiger partial charge in [0, 0.05) is 20.0 Å². The van der Waals surface area contributed by atoms with Crippen LogP contribution < -0.4 is 10.9 Å². The molecule has 3 aromatic carbocycles. The van der Waals surface area contributed by atoms with Gasteiger partial charge in [-0.15, -0.1) is 5.10 Å². The van der Waals surface area contributed by atoms with Crippen molar-refractivity contribution in [3.63, 3.8) is 0 Å². The minimum absolute atomic E-state index is 0.0974. The smallest absolute Gasteiger partial charge is 0.277 e. The Morgan fingerprint density at radius 1 is 0.943 bits per heavy atom. The molecule has 0 radical (unpaired) electrons. The van der Waals surface area contributed by atoms with Crippen LogP contribution in [0, 0.1) is 0 Å². The number of carbonyl (C=O) groups excluding carboxylic acids is 1. The second-order valence-electron chi connectivity index (χ2n) is 8.57. The average molecular weight is 467 g/mol. The number of rotatable bonds is 8. The Balaban J connectivity index is 1.31. The molecule has 0 spiro atoms. The third-order valence-corrected chi connectivity index (χ3v) is 6.15. The highest BCUT2D eigenvalue weighted by Gasteiger charge is 2.21. The van der Waals surface area contributed by atoms with Crippen molar-refractivity contribution in [3.8, 4) is 0 Å².